The van der Waals surface area contributed by atoms with E-state index in [2.05, 4.69) is 30.3 Å². The van der Waals surface area contributed by atoms with Crippen molar-refractivity contribution in [3.8, 4) is 23.7 Å². The zero-order valence-corrected chi connectivity index (χ0v) is 8.29. The molecule has 0 aliphatic carbocycles. The van der Waals surface area contributed by atoms with Crippen LogP contribution in [0.1, 0.15) is 17.5 Å². The molecule has 1 heteroatoms. The van der Waals surface area contributed by atoms with Crippen molar-refractivity contribution in [1.29, 1.82) is 0 Å². The lowest BCUT2D eigenvalue weighted by molar-refractivity contribution is -0.103. The van der Waals surface area contributed by atoms with Crippen LogP contribution >= 0.6 is 0 Å². The van der Waals surface area contributed by atoms with Gasteiger partial charge in [0.05, 0.1) is 0 Å². The van der Waals surface area contributed by atoms with Gasteiger partial charge in [0.15, 0.2) is 6.29 Å². The van der Waals surface area contributed by atoms with Crippen LogP contribution in [0.25, 0.3) is 0 Å². The fraction of sp³-hybridized carbons (Fsp3) is 0.0714. The van der Waals surface area contributed by atoms with Crippen molar-refractivity contribution >= 4 is 6.29 Å². The first-order valence-electron chi connectivity index (χ1n) is 4.52. The standard InChI is InChI=1S/C14H10O/c1-2-3-4-8-13-9-5-6-10-14(13)11-7-12-15/h2,5-6,9-10,12H,1,3H2. The summed E-state index contributed by atoms with van der Waals surface area (Å²) in [4.78, 5) is 10.1. The Kier molecular flexibility index (Phi) is 4.51. The minimum atomic E-state index is 0.577. The van der Waals surface area contributed by atoms with Crippen molar-refractivity contribution in [3.05, 3.63) is 48.0 Å². The summed E-state index contributed by atoms with van der Waals surface area (Å²) in [5, 5.41) is 0. The molecule has 0 radical (unpaired) electrons. The smallest absolute Gasteiger partial charge is 0.193 e. The Morgan fingerprint density at radius 1 is 1.20 bits per heavy atom. The van der Waals surface area contributed by atoms with Gasteiger partial charge >= 0.3 is 0 Å². The van der Waals surface area contributed by atoms with E-state index in [1.807, 2.05) is 24.3 Å². The molecule has 0 fully saturated rings. The molecule has 1 nitrogen and oxygen atoms in total. The molecule has 0 heterocycles. The Labute approximate surface area is 89.8 Å². The molecule has 0 spiro atoms. The van der Waals surface area contributed by atoms with Crippen molar-refractivity contribution in [1.82, 2.24) is 0 Å². The SMILES string of the molecule is C=CCC#Cc1ccccc1C#CC=O. The molecule has 0 aliphatic rings. The van der Waals surface area contributed by atoms with E-state index >= 15 is 0 Å². The number of allylic oxidation sites excluding steroid dienone is 1. The molecule has 0 atom stereocenters. The number of aldehydes is 1. The fourth-order valence-corrected chi connectivity index (χ4v) is 1.03. The van der Waals surface area contributed by atoms with Gasteiger partial charge in [0.2, 0.25) is 0 Å². The van der Waals surface area contributed by atoms with E-state index < -0.39 is 0 Å². The molecule has 0 amide bonds. The summed E-state index contributed by atoms with van der Waals surface area (Å²) in [6.45, 7) is 3.59. The summed E-state index contributed by atoms with van der Waals surface area (Å²) in [6.07, 6.45) is 2.97. The van der Waals surface area contributed by atoms with Crippen LogP contribution in [0.4, 0.5) is 0 Å². The Hall–Kier alpha value is -2.25. The molecule has 1 aromatic rings. The molecule has 72 valence electrons. The van der Waals surface area contributed by atoms with Crippen LogP contribution in [0.5, 0.6) is 0 Å². The first-order valence-corrected chi connectivity index (χ1v) is 4.52. The average Bonchev–Trinajstić information content (AvgIpc) is 2.28. The van der Waals surface area contributed by atoms with Gasteiger partial charge in [-0.25, -0.2) is 0 Å². The predicted molar refractivity (Wildman–Crippen MR) is 61.1 cm³/mol. The molecule has 0 unspecified atom stereocenters. The van der Waals surface area contributed by atoms with E-state index in [0.717, 1.165) is 11.1 Å². The number of hydrogen-bond acceptors (Lipinski definition) is 1. The highest BCUT2D eigenvalue weighted by atomic mass is 16.1. The van der Waals surface area contributed by atoms with E-state index in [0.29, 0.717) is 12.7 Å². The Bertz CT molecular complexity index is 475. The quantitative estimate of drug-likeness (QED) is 0.380. The molecular weight excluding hydrogens is 184 g/mol. The minimum absolute atomic E-state index is 0.577. The van der Waals surface area contributed by atoms with Gasteiger partial charge in [-0.3, -0.25) is 4.79 Å². The van der Waals surface area contributed by atoms with E-state index in [4.69, 9.17) is 0 Å². The Balaban J connectivity index is 3.02. The summed E-state index contributed by atoms with van der Waals surface area (Å²) in [5.41, 5.74) is 1.62. The maximum atomic E-state index is 10.1. The van der Waals surface area contributed by atoms with Crippen molar-refractivity contribution in [3.63, 3.8) is 0 Å². The van der Waals surface area contributed by atoms with E-state index in [-0.39, 0.29) is 0 Å². The van der Waals surface area contributed by atoms with Crippen molar-refractivity contribution in [2.45, 2.75) is 6.42 Å². The summed E-state index contributed by atoms with van der Waals surface area (Å²) >= 11 is 0. The van der Waals surface area contributed by atoms with Crippen LogP contribution in [-0.4, -0.2) is 6.29 Å². The van der Waals surface area contributed by atoms with Crippen LogP contribution in [0, 0.1) is 23.7 Å². The van der Waals surface area contributed by atoms with Gasteiger partial charge in [-0.1, -0.05) is 36.0 Å². The molecule has 0 bridgehead atoms. The van der Waals surface area contributed by atoms with E-state index in [9.17, 15) is 4.79 Å². The zero-order valence-electron chi connectivity index (χ0n) is 8.29. The van der Waals surface area contributed by atoms with E-state index in [1.165, 1.54) is 0 Å². The van der Waals surface area contributed by atoms with Crippen molar-refractivity contribution < 1.29 is 4.79 Å². The molecule has 0 N–H and O–H groups in total. The molecule has 0 saturated carbocycles. The van der Waals surface area contributed by atoms with Gasteiger partial charge in [-0.2, -0.15) is 0 Å². The van der Waals surface area contributed by atoms with Gasteiger partial charge in [0.1, 0.15) is 0 Å². The number of hydrogen-bond donors (Lipinski definition) is 0. The highest BCUT2D eigenvalue weighted by molar-refractivity contribution is 5.74. The summed E-state index contributed by atoms with van der Waals surface area (Å²) in [5.74, 6) is 11.0. The molecular formula is C14H10O. The predicted octanol–water partition coefficient (Wildman–Crippen LogP) is 2.16. The largest absolute Gasteiger partial charge is 0.289 e. The molecule has 0 saturated heterocycles. The maximum absolute atomic E-state index is 10.1. The van der Waals surface area contributed by atoms with Crippen LogP contribution in [0.3, 0.4) is 0 Å². The number of carbonyl (C=O) groups is 1. The lowest BCUT2D eigenvalue weighted by Crippen LogP contribution is -1.82. The average molecular weight is 194 g/mol. The lowest BCUT2D eigenvalue weighted by Gasteiger charge is -1.93. The number of benzene rings is 1. The van der Waals surface area contributed by atoms with Gasteiger partial charge in [-0.05, 0) is 18.1 Å². The molecule has 15 heavy (non-hydrogen) atoms. The number of rotatable bonds is 1. The highest BCUT2D eigenvalue weighted by Crippen LogP contribution is 2.05. The zero-order chi connectivity index (χ0) is 10.9. The summed E-state index contributed by atoms with van der Waals surface area (Å²) in [6, 6.07) is 7.48. The summed E-state index contributed by atoms with van der Waals surface area (Å²) in [7, 11) is 0. The van der Waals surface area contributed by atoms with E-state index in [1.54, 1.807) is 6.08 Å². The van der Waals surface area contributed by atoms with Crippen LogP contribution < -0.4 is 0 Å². The molecule has 0 aliphatic heterocycles. The molecule has 0 aromatic heterocycles. The highest BCUT2D eigenvalue weighted by Gasteiger charge is 1.93. The Morgan fingerprint density at radius 3 is 2.47 bits per heavy atom. The van der Waals surface area contributed by atoms with Gasteiger partial charge in [-0.15, -0.1) is 6.58 Å². The second kappa shape index (κ2) is 6.24. The second-order valence-electron chi connectivity index (χ2n) is 2.73. The third-order valence-electron chi connectivity index (χ3n) is 1.66. The second-order valence-corrected chi connectivity index (χ2v) is 2.73. The third kappa shape index (κ3) is 3.55. The van der Waals surface area contributed by atoms with Gasteiger partial charge in [0.25, 0.3) is 0 Å². The topological polar surface area (TPSA) is 17.1 Å². The van der Waals surface area contributed by atoms with Gasteiger partial charge < -0.3 is 0 Å². The normalized spacial score (nSPS) is 7.73. The van der Waals surface area contributed by atoms with Crippen LogP contribution in [-0.2, 0) is 4.79 Å². The van der Waals surface area contributed by atoms with Crippen molar-refractivity contribution in [2.24, 2.45) is 0 Å². The summed E-state index contributed by atoms with van der Waals surface area (Å²) < 4.78 is 0. The fourth-order valence-electron chi connectivity index (χ4n) is 1.03. The van der Waals surface area contributed by atoms with Gasteiger partial charge in [0, 0.05) is 17.5 Å². The monoisotopic (exact) mass is 194 g/mol. The third-order valence-corrected chi connectivity index (χ3v) is 1.66. The molecule has 1 rings (SSSR count). The maximum Gasteiger partial charge on any atom is 0.193 e. The Morgan fingerprint density at radius 2 is 1.87 bits per heavy atom. The van der Waals surface area contributed by atoms with Crippen molar-refractivity contribution in [2.75, 3.05) is 0 Å². The minimum Gasteiger partial charge on any atom is -0.289 e. The lowest BCUT2D eigenvalue weighted by atomic mass is 10.1. The van der Waals surface area contributed by atoms with Crippen LogP contribution in [0.2, 0.25) is 0 Å². The first kappa shape index (κ1) is 10.8. The molecule has 1 aromatic carbocycles. The first-order chi connectivity index (χ1) is 7.38. The number of carbonyl (C=O) groups excluding carboxylic acids is 1. The van der Waals surface area contributed by atoms with Crippen LogP contribution in [0.15, 0.2) is 36.9 Å².